The van der Waals surface area contributed by atoms with E-state index in [2.05, 4.69) is 15.3 Å². The van der Waals surface area contributed by atoms with Crippen molar-refractivity contribution in [2.45, 2.75) is 6.04 Å². The molecule has 0 aliphatic rings. The van der Waals surface area contributed by atoms with Crippen molar-refractivity contribution in [1.82, 2.24) is 15.3 Å². The molecule has 1 unspecified atom stereocenters. The van der Waals surface area contributed by atoms with Crippen LogP contribution in [0.3, 0.4) is 0 Å². The number of ether oxygens (including phenoxy) is 1. The number of methoxy groups -OCH3 is 1. The third-order valence-corrected chi connectivity index (χ3v) is 2.71. The second-order valence-electron chi connectivity index (χ2n) is 3.32. The maximum Gasteiger partial charge on any atom is 0.237 e. The van der Waals surface area contributed by atoms with Gasteiger partial charge in [0.1, 0.15) is 5.69 Å². The van der Waals surface area contributed by atoms with Crippen LogP contribution in [0.25, 0.3) is 0 Å². The first-order valence-corrected chi connectivity index (χ1v) is 5.40. The molecule has 2 aromatic rings. The number of hydrogen-bond donors (Lipinski definition) is 1. The Balaban J connectivity index is 2.46. The number of nitrogens with one attached hydrogen (secondary N) is 1. The van der Waals surface area contributed by atoms with E-state index in [1.54, 1.807) is 25.6 Å². The van der Waals surface area contributed by atoms with Crippen LogP contribution in [0.15, 0.2) is 29.1 Å². The Labute approximate surface area is 104 Å². The van der Waals surface area contributed by atoms with Gasteiger partial charge in [0.05, 0.1) is 19.4 Å². The van der Waals surface area contributed by atoms with E-state index in [1.165, 1.54) is 6.26 Å². The Kier molecular flexibility index (Phi) is 3.61. The Morgan fingerprint density at radius 3 is 2.76 bits per heavy atom. The molecule has 1 atom stereocenters. The molecule has 0 aliphatic heterocycles. The quantitative estimate of drug-likeness (QED) is 0.904. The molecule has 0 amide bonds. The molecule has 0 aliphatic carbocycles. The van der Waals surface area contributed by atoms with Crippen molar-refractivity contribution in [3.63, 3.8) is 0 Å². The van der Waals surface area contributed by atoms with Crippen molar-refractivity contribution < 1.29 is 9.15 Å². The van der Waals surface area contributed by atoms with Gasteiger partial charge in [0.2, 0.25) is 5.88 Å². The van der Waals surface area contributed by atoms with E-state index in [9.17, 15) is 0 Å². The number of nitrogens with zero attached hydrogens (tertiary/aromatic N) is 2. The predicted octanol–water partition coefficient (Wildman–Crippen LogP) is 2.04. The highest BCUT2D eigenvalue weighted by Crippen LogP contribution is 2.31. The summed E-state index contributed by atoms with van der Waals surface area (Å²) in [5, 5.41) is 3.44. The summed E-state index contributed by atoms with van der Waals surface area (Å²) in [4.78, 5) is 8.37. The minimum absolute atomic E-state index is 0.218. The van der Waals surface area contributed by atoms with Gasteiger partial charge in [-0.05, 0) is 24.7 Å². The molecule has 0 bridgehead atoms. The third kappa shape index (κ3) is 2.25. The van der Waals surface area contributed by atoms with E-state index >= 15 is 0 Å². The fourth-order valence-electron chi connectivity index (χ4n) is 1.64. The Bertz CT molecular complexity index is 501. The lowest BCUT2D eigenvalue weighted by Gasteiger charge is -2.16. The summed E-state index contributed by atoms with van der Waals surface area (Å²) in [7, 11) is 3.36. The molecule has 0 radical (unpaired) electrons. The van der Waals surface area contributed by atoms with Crippen molar-refractivity contribution in [2.75, 3.05) is 14.2 Å². The van der Waals surface area contributed by atoms with Crippen LogP contribution in [0.5, 0.6) is 5.88 Å². The molecule has 2 aromatic heterocycles. The maximum atomic E-state index is 5.96. The standard InChI is InChI=1S/C11H12ClN3O2/c1-13-8(7-3-6-17-10(7)12)9-11(16-2)15-5-4-14-9/h3-6,8,13H,1-2H3. The van der Waals surface area contributed by atoms with Gasteiger partial charge in [-0.3, -0.25) is 4.98 Å². The fraction of sp³-hybridized carbons (Fsp3) is 0.273. The summed E-state index contributed by atoms with van der Waals surface area (Å²) >= 11 is 5.96. The summed E-state index contributed by atoms with van der Waals surface area (Å²) in [6, 6.07) is 1.57. The molecule has 0 saturated carbocycles. The lowest BCUT2D eigenvalue weighted by molar-refractivity contribution is 0.384. The molecule has 5 nitrogen and oxygen atoms in total. The summed E-state index contributed by atoms with van der Waals surface area (Å²) in [5.74, 6) is 0.462. The van der Waals surface area contributed by atoms with Gasteiger partial charge in [0, 0.05) is 18.0 Å². The highest BCUT2D eigenvalue weighted by Gasteiger charge is 2.22. The van der Waals surface area contributed by atoms with Crippen LogP contribution < -0.4 is 10.1 Å². The summed E-state index contributed by atoms with van der Waals surface area (Å²) < 4.78 is 10.3. The van der Waals surface area contributed by atoms with Gasteiger partial charge in [-0.25, -0.2) is 4.98 Å². The Morgan fingerprint density at radius 1 is 1.41 bits per heavy atom. The Hall–Kier alpha value is -1.59. The van der Waals surface area contributed by atoms with Gasteiger partial charge in [-0.15, -0.1) is 0 Å². The zero-order valence-electron chi connectivity index (χ0n) is 9.48. The van der Waals surface area contributed by atoms with Crippen LogP contribution >= 0.6 is 11.6 Å². The van der Waals surface area contributed by atoms with E-state index in [-0.39, 0.29) is 6.04 Å². The average Bonchev–Trinajstić information content (AvgIpc) is 2.78. The minimum Gasteiger partial charge on any atom is -0.480 e. The minimum atomic E-state index is -0.218. The normalized spacial score (nSPS) is 12.4. The molecule has 6 heteroatoms. The lowest BCUT2D eigenvalue weighted by atomic mass is 10.1. The van der Waals surface area contributed by atoms with Crippen LogP contribution in [0.2, 0.25) is 5.22 Å². The molecule has 2 rings (SSSR count). The van der Waals surface area contributed by atoms with Gasteiger partial charge in [0.25, 0.3) is 0 Å². The third-order valence-electron chi connectivity index (χ3n) is 2.40. The fourth-order valence-corrected chi connectivity index (χ4v) is 1.86. The van der Waals surface area contributed by atoms with Crippen LogP contribution in [0.1, 0.15) is 17.3 Å². The van der Waals surface area contributed by atoms with Gasteiger partial charge in [-0.1, -0.05) is 0 Å². The smallest absolute Gasteiger partial charge is 0.237 e. The molecule has 0 saturated heterocycles. The molecule has 17 heavy (non-hydrogen) atoms. The monoisotopic (exact) mass is 253 g/mol. The van der Waals surface area contributed by atoms with E-state index < -0.39 is 0 Å². The second-order valence-corrected chi connectivity index (χ2v) is 3.67. The molecule has 90 valence electrons. The highest BCUT2D eigenvalue weighted by molar-refractivity contribution is 6.29. The SMILES string of the molecule is CNC(c1ccoc1Cl)c1nccnc1OC. The molecular weight excluding hydrogens is 242 g/mol. The van der Waals surface area contributed by atoms with Gasteiger partial charge < -0.3 is 14.5 Å². The first kappa shape index (κ1) is 11.9. The van der Waals surface area contributed by atoms with E-state index in [0.29, 0.717) is 16.8 Å². The predicted molar refractivity (Wildman–Crippen MR) is 63.2 cm³/mol. The van der Waals surface area contributed by atoms with Crippen molar-refractivity contribution in [2.24, 2.45) is 0 Å². The van der Waals surface area contributed by atoms with E-state index in [1.807, 2.05) is 7.05 Å². The van der Waals surface area contributed by atoms with E-state index in [0.717, 1.165) is 5.56 Å². The molecule has 0 spiro atoms. The average molecular weight is 254 g/mol. The summed E-state index contributed by atoms with van der Waals surface area (Å²) in [6.07, 6.45) is 4.72. The Morgan fingerprint density at radius 2 is 2.18 bits per heavy atom. The van der Waals surface area contributed by atoms with Crippen LogP contribution in [0.4, 0.5) is 0 Å². The molecule has 2 heterocycles. The number of rotatable bonds is 4. The largest absolute Gasteiger partial charge is 0.480 e. The molecule has 1 N–H and O–H groups in total. The number of halogens is 1. The van der Waals surface area contributed by atoms with Crippen molar-refractivity contribution >= 4 is 11.6 Å². The summed E-state index contributed by atoms with van der Waals surface area (Å²) in [6.45, 7) is 0. The molecular formula is C11H12ClN3O2. The number of hydrogen-bond acceptors (Lipinski definition) is 5. The van der Waals surface area contributed by atoms with E-state index in [4.69, 9.17) is 20.8 Å². The first-order valence-electron chi connectivity index (χ1n) is 5.03. The van der Waals surface area contributed by atoms with Crippen molar-refractivity contribution in [3.05, 3.63) is 41.2 Å². The van der Waals surface area contributed by atoms with Crippen LogP contribution in [-0.2, 0) is 0 Å². The second kappa shape index (κ2) is 5.16. The number of aromatic nitrogens is 2. The number of furan rings is 1. The zero-order chi connectivity index (χ0) is 12.3. The zero-order valence-corrected chi connectivity index (χ0v) is 10.2. The summed E-state index contributed by atoms with van der Waals surface area (Å²) in [5.41, 5.74) is 1.47. The molecule has 0 aromatic carbocycles. The lowest BCUT2D eigenvalue weighted by Crippen LogP contribution is -2.20. The first-order chi connectivity index (χ1) is 8.27. The van der Waals surface area contributed by atoms with Gasteiger partial charge >= 0.3 is 0 Å². The topological polar surface area (TPSA) is 60.2 Å². The maximum absolute atomic E-state index is 5.96. The van der Waals surface area contributed by atoms with Gasteiger partial charge in [-0.2, -0.15) is 0 Å². The highest BCUT2D eigenvalue weighted by atomic mass is 35.5. The van der Waals surface area contributed by atoms with Crippen molar-refractivity contribution in [3.8, 4) is 5.88 Å². The van der Waals surface area contributed by atoms with Crippen LogP contribution in [-0.4, -0.2) is 24.1 Å². The van der Waals surface area contributed by atoms with Crippen LogP contribution in [0, 0.1) is 0 Å². The van der Waals surface area contributed by atoms with Crippen molar-refractivity contribution in [1.29, 1.82) is 0 Å². The molecule has 0 fully saturated rings. The van der Waals surface area contributed by atoms with Gasteiger partial charge in [0.15, 0.2) is 5.22 Å².